The van der Waals surface area contributed by atoms with Gasteiger partial charge in [-0.3, -0.25) is 19.7 Å². The van der Waals surface area contributed by atoms with E-state index in [4.69, 9.17) is 4.74 Å². The Labute approximate surface area is 239 Å². The number of rotatable bonds is 8. The molecule has 1 saturated heterocycles. The molecule has 1 fully saturated rings. The zero-order valence-corrected chi connectivity index (χ0v) is 23.5. The van der Waals surface area contributed by atoms with Crippen molar-refractivity contribution < 1.29 is 23.9 Å². The number of carbonyl (C=O) groups is 4. The molecule has 5 rings (SSSR count). The second-order valence-electron chi connectivity index (χ2n) is 10.8. The number of ether oxygens (including phenoxy) is 1. The van der Waals surface area contributed by atoms with Gasteiger partial charge in [0.25, 0.3) is 5.91 Å². The summed E-state index contributed by atoms with van der Waals surface area (Å²) in [6.45, 7) is 6.89. The Morgan fingerprint density at radius 1 is 1.07 bits per heavy atom. The Hall–Kier alpha value is -4.66. The van der Waals surface area contributed by atoms with Crippen molar-refractivity contribution in [3.05, 3.63) is 94.0 Å². The molecule has 2 aliphatic heterocycles. The van der Waals surface area contributed by atoms with E-state index in [1.165, 1.54) is 16.0 Å². The van der Waals surface area contributed by atoms with Crippen molar-refractivity contribution in [1.29, 1.82) is 0 Å². The minimum Gasteiger partial charge on any atom is -0.488 e. The molecule has 5 amide bonds. The third-order valence-corrected chi connectivity index (χ3v) is 7.57. The number of benzene rings is 3. The van der Waals surface area contributed by atoms with Crippen molar-refractivity contribution in [1.82, 2.24) is 15.5 Å². The normalized spacial score (nSPS) is 16.4. The lowest BCUT2D eigenvalue weighted by molar-refractivity contribution is -0.136. The Kier molecular flexibility index (Phi) is 8.05. The average molecular weight is 555 g/mol. The van der Waals surface area contributed by atoms with Crippen LogP contribution < -0.4 is 20.7 Å². The molecule has 9 heteroatoms. The van der Waals surface area contributed by atoms with Crippen molar-refractivity contribution in [2.24, 2.45) is 0 Å². The van der Waals surface area contributed by atoms with Crippen LogP contribution in [0.15, 0.2) is 60.7 Å². The maximum absolute atomic E-state index is 13.4. The number of amides is 5. The van der Waals surface area contributed by atoms with E-state index in [0.29, 0.717) is 34.0 Å². The standard InChI is InChI=1S/C32H34N4O5/c1-19(2)25-15-23(11-9-20(25)3)34-32(40)33-16-22-10-12-24-26(29(22)41-18-21-7-5-4-6-8-21)17-36(31(24)39)27-13-14-28(37)35-30(27)38/h4-12,15,19,27H,13-14,16-18H2,1-3H3,(H2,33,34,40)(H,35,37,38). The van der Waals surface area contributed by atoms with Gasteiger partial charge in [-0.05, 0) is 54.2 Å². The molecule has 9 nitrogen and oxygen atoms in total. The number of carbonyl (C=O) groups excluding carboxylic acids is 4. The van der Waals surface area contributed by atoms with Crippen LogP contribution in [0.1, 0.15) is 70.8 Å². The fourth-order valence-corrected chi connectivity index (χ4v) is 5.40. The van der Waals surface area contributed by atoms with Crippen LogP contribution in [0.3, 0.4) is 0 Å². The first-order valence-electron chi connectivity index (χ1n) is 13.8. The van der Waals surface area contributed by atoms with Gasteiger partial charge in [0, 0.05) is 35.3 Å². The molecule has 3 aromatic carbocycles. The van der Waals surface area contributed by atoms with Crippen LogP contribution in [0.4, 0.5) is 10.5 Å². The van der Waals surface area contributed by atoms with E-state index in [2.05, 4.69) is 36.7 Å². The Bertz CT molecular complexity index is 1500. The van der Waals surface area contributed by atoms with Gasteiger partial charge < -0.3 is 20.3 Å². The van der Waals surface area contributed by atoms with Crippen LogP contribution in [0.25, 0.3) is 0 Å². The average Bonchev–Trinajstić information content (AvgIpc) is 3.28. The van der Waals surface area contributed by atoms with Crippen LogP contribution in [0.5, 0.6) is 5.75 Å². The van der Waals surface area contributed by atoms with Crippen LogP contribution in [0.2, 0.25) is 0 Å². The molecule has 1 atom stereocenters. The van der Waals surface area contributed by atoms with Crippen LogP contribution in [-0.2, 0) is 29.3 Å². The lowest BCUT2D eigenvalue weighted by Gasteiger charge is -2.29. The maximum Gasteiger partial charge on any atom is 0.319 e. The van der Waals surface area contributed by atoms with Crippen molar-refractivity contribution >= 4 is 29.4 Å². The summed E-state index contributed by atoms with van der Waals surface area (Å²) in [6.07, 6.45) is 0.453. The number of imide groups is 1. The number of hydrogen-bond donors (Lipinski definition) is 3. The van der Waals surface area contributed by atoms with E-state index in [1.807, 2.05) is 48.5 Å². The maximum atomic E-state index is 13.4. The van der Waals surface area contributed by atoms with Gasteiger partial charge in [-0.25, -0.2) is 4.79 Å². The monoisotopic (exact) mass is 554 g/mol. The summed E-state index contributed by atoms with van der Waals surface area (Å²) >= 11 is 0. The fourth-order valence-electron chi connectivity index (χ4n) is 5.40. The number of fused-ring (bicyclic) bond motifs is 1. The van der Waals surface area contributed by atoms with Gasteiger partial charge in [0.05, 0.1) is 6.54 Å². The minimum absolute atomic E-state index is 0.165. The zero-order chi connectivity index (χ0) is 29.1. The molecule has 2 aliphatic rings. The highest BCUT2D eigenvalue weighted by Crippen LogP contribution is 2.37. The smallest absolute Gasteiger partial charge is 0.319 e. The van der Waals surface area contributed by atoms with E-state index in [0.717, 1.165) is 5.56 Å². The third-order valence-electron chi connectivity index (χ3n) is 7.57. The zero-order valence-electron chi connectivity index (χ0n) is 23.5. The van der Waals surface area contributed by atoms with Crippen LogP contribution in [-0.4, -0.2) is 34.7 Å². The van der Waals surface area contributed by atoms with Gasteiger partial charge in [-0.15, -0.1) is 0 Å². The molecular formula is C32H34N4O5. The summed E-state index contributed by atoms with van der Waals surface area (Å²) in [5.41, 5.74) is 5.82. The summed E-state index contributed by atoms with van der Waals surface area (Å²) in [6, 6.07) is 17.9. The van der Waals surface area contributed by atoms with Crippen molar-refractivity contribution in [3.63, 3.8) is 0 Å². The number of aryl methyl sites for hydroxylation is 1. The first kappa shape index (κ1) is 27.9. The van der Waals surface area contributed by atoms with Crippen molar-refractivity contribution in [2.45, 2.75) is 65.3 Å². The lowest BCUT2D eigenvalue weighted by Crippen LogP contribution is -2.52. The minimum atomic E-state index is -0.729. The number of hydrogen-bond acceptors (Lipinski definition) is 5. The fraction of sp³-hybridized carbons (Fsp3) is 0.312. The summed E-state index contributed by atoms with van der Waals surface area (Å²) in [4.78, 5) is 51.9. The Morgan fingerprint density at radius 2 is 1.85 bits per heavy atom. The van der Waals surface area contributed by atoms with E-state index < -0.39 is 11.9 Å². The SMILES string of the molecule is Cc1ccc(NC(=O)NCc2ccc3c(c2OCc2ccccc2)CN(C2CCC(=O)NC2=O)C3=O)cc1C(C)C. The molecule has 0 aromatic heterocycles. The molecule has 0 bridgehead atoms. The quantitative estimate of drug-likeness (QED) is 0.347. The van der Waals surface area contributed by atoms with Gasteiger partial charge in [-0.1, -0.05) is 56.3 Å². The summed E-state index contributed by atoms with van der Waals surface area (Å²) in [5, 5.41) is 8.15. The molecule has 0 radical (unpaired) electrons. The molecule has 41 heavy (non-hydrogen) atoms. The highest BCUT2D eigenvalue weighted by Gasteiger charge is 2.40. The van der Waals surface area contributed by atoms with Crippen molar-refractivity contribution in [3.8, 4) is 5.75 Å². The van der Waals surface area contributed by atoms with Crippen LogP contribution in [0, 0.1) is 6.92 Å². The molecule has 3 aromatic rings. The molecule has 0 spiro atoms. The molecule has 3 N–H and O–H groups in total. The van der Waals surface area contributed by atoms with E-state index >= 15 is 0 Å². The number of piperidine rings is 1. The predicted molar refractivity (Wildman–Crippen MR) is 154 cm³/mol. The molecule has 2 heterocycles. The molecule has 1 unspecified atom stereocenters. The van der Waals surface area contributed by atoms with Crippen LogP contribution >= 0.6 is 0 Å². The summed E-state index contributed by atoms with van der Waals surface area (Å²) in [5.74, 6) is -0.244. The van der Waals surface area contributed by atoms with E-state index in [9.17, 15) is 19.2 Å². The Balaban J connectivity index is 1.36. The molecule has 0 saturated carbocycles. The second kappa shape index (κ2) is 11.8. The lowest BCUT2D eigenvalue weighted by atomic mass is 9.97. The van der Waals surface area contributed by atoms with Gasteiger partial charge >= 0.3 is 6.03 Å². The number of nitrogens with one attached hydrogen (secondary N) is 3. The highest BCUT2D eigenvalue weighted by molar-refractivity contribution is 6.05. The van der Waals surface area contributed by atoms with Gasteiger partial charge in [-0.2, -0.15) is 0 Å². The van der Waals surface area contributed by atoms with Gasteiger partial charge in [0.2, 0.25) is 11.8 Å². The first-order valence-corrected chi connectivity index (χ1v) is 13.8. The topological polar surface area (TPSA) is 117 Å². The third kappa shape index (κ3) is 6.09. The first-order chi connectivity index (χ1) is 19.7. The molecular weight excluding hydrogens is 520 g/mol. The number of urea groups is 1. The van der Waals surface area contributed by atoms with E-state index in [1.54, 1.807) is 12.1 Å². The van der Waals surface area contributed by atoms with Gasteiger partial charge in [0.15, 0.2) is 0 Å². The highest BCUT2D eigenvalue weighted by atomic mass is 16.5. The molecule has 0 aliphatic carbocycles. The largest absolute Gasteiger partial charge is 0.488 e. The van der Waals surface area contributed by atoms with Gasteiger partial charge in [0.1, 0.15) is 18.4 Å². The number of nitrogens with zero attached hydrogens (tertiary/aromatic N) is 1. The summed E-state index contributed by atoms with van der Waals surface area (Å²) < 4.78 is 6.29. The molecule has 212 valence electrons. The number of anilines is 1. The van der Waals surface area contributed by atoms with E-state index in [-0.39, 0.29) is 50.4 Å². The van der Waals surface area contributed by atoms with Crippen molar-refractivity contribution in [2.75, 3.05) is 5.32 Å². The second-order valence-corrected chi connectivity index (χ2v) is 10.8. The Morgan fingerprint density at radius 3 is 2.59 bits per heavy atom. The summed E-state index contributed by atoms with van der Waals surface area (Å²) in [7, 11) is 0. The predicted octanol–water partition coefficient (Wildman–Crippen LogP) is 4.78.